The number of benzene rings is 1. The highest BCUT2D eigenvalue weighted by Crippen LogP contribution is 2.24. The lowest BCUT2D eigenvalue weighted by Crippen LogP contribution is -2.00. The average Bonchev–Trinajstić information content (AvgIpc) is 2.27. The minimum Gasteiger partial charge on any atom is -0.384 e. The summed E-state index contributed by atoms with van der Waals surface area (Å²) in [5.74, 6) is 0. The van der Waals surface area contributed by atoms with Crippen LogP contribution in [0.3, 0.4) is 0 Å². The van der Waals surface area contributed by atoms with E-state index in [0.717, 1.165) is 18.5 Å². The number of pyridine rings is 1. The maximum Gasteiger partial charge on any atom is 0.0856 e. The molecule has 1 heterocycles. The standard InChI is InChI=1S/C12H13IN2/c1-2-7-14-11-6-8-15-12-9(11)4-3-5-10(12)13/h3-6,8H,2,7H2,1H3,(H,14,15). The van der Waals surface area contributed by atoms with Gasteiger partial charge in [-0.25, -0.2) is 0 Å². The van der Waals surface area contributed by atoms with Gasteiger partial charge < -0.3 is 5.32 Å². The van der Waals surface area contributed by atoms with Crippen LogP contribution in [0.1, 0.15) is 13.3 Å². The first-order valence-electron chi connectivity index (χ1n) is 5.10. The molecule has 0 atom stereocenters. The minimum atomic E-state index is 1.00. The highest BCUT2D eigenvalue weighted by Gasteiger charge is 2.03. The van der Waals surface area contributed by atoms with Gasteiger partial charge in [0.2, 0.25) is 0 Å². The molecule has 78 valence electrons. The van der Waals surface area contributed by atoms with Crippen molar-refractivity contribution in [2.24, 2.45) is 0 Å². The molecular weight excluding hydrogens is 299 g/mol. The predicted octanol–water partition coefficient (Wildman–Crippen LogP) is 3.66. The van der Waals surface area contributed by atoms with Crippen LogP contribution < -0.4 is 5.32 Å². The normalized spacial score (nSPS) is 10.5. The molecular formula is C12H13IN2. The van der Waals surface area contributed by atoms with Crippen molar-refractivity contribution in [3.63, 3.8) is 0 Å². The van der Waals surface area contributed by atoms with E-state index in [1.54, 1.807) is 0 Å². The highest BCUT2D eigenvalue weighted by atomic mass is 127. The van der Waals surface area contributed by atoms with E-state index in [2.05, 4.69) is 58.0 Å². The topological polar surface area (TPSA) is 24.9 Å². The summed E-state index contributed by atoms with van der Waals surface area (Å²) >= 11 is 2.32. The summed E-state index contributed by atoms with van der Waals surface area (Å²) in [6.07, 6.45) is 3.00. The van der Waals surface area contributed by atoms with Gasteiger partial charge in [0, 0.05) is 27.4 Å². The summed E-state index contributed by atoms with van der Waals surface area (Å²) in [6.45, 7) is 3.17. The molecule has 1 aromatic carbocycles. The highest BCUT2D eigenvalue weighted by molar-refractivity contribution is 14.1. The second-order valence-electron chi connectivity index (χ2n) is 3.42. The number of anilines is 1. The van der Waals surface area contributed by atoms with Crippen molar-refractivity contribution in [2.75, 3.05) is 11.9 Å². The molecule has 0 spiro atoms. The third kappa shape index (κ3) is 2.22. The van der Waals surface area contributed by atoms with Crippen LogP contribution in [0.5, 0.6) is 0 Å². The number of aromatic nitrogens is 1. The van der Waals surface area contributed by atoms with Crippen molar-refractivity contribution in [1.29, 1.82) is 0 Å². The molecule has 2 nitrogen and oxygen atoms in total. The Labute approximate surface area is 103 Å². The molecule has 0 saturated carbocycles. The number of halogens is 1. The molecule has 0 amide bonds. The molecule has 2 aromatic rings. The van der Waals surface area contributed by atoms with Crippen LogP contribution in [0.15, 0.2) is 30.5 Å². The molecule has 1 aromatic heterocycles. The number of nitrogens with zero attached hydrogens (tertiary/aromatic N) is 1. The zero-order valence-electron chi connectivity index (χ0n) is 8.63. The number of fused-ring (bicyclic) bond motifs is 1. The van der Waals surface area contributed by atoms with Crippen molar-refractivity contribution in [1.82, 2.24) is 4.98 Å². The average molecular weight is 312 g/mol. The maximum atomic E-state index is 4.40. The summed E-state index contributed by atoms with van der Waals surface area (Å²) in [5.41, 5.74) is 2.26. The van der Waals surface area contributed by atoms with E-state index in [1.165, 1.54) is 14.6 Å². The van der Waals surface area contributed by atoms with Gasteiger partial charge in [-0.15, -0.1) is 0 Å². The molecule has 0 bridgehead atoms. The monoisotopic (exact) mass is 312 g/mol. The summed E-state index contributed by atoms with van der Waals surface area (Å²) in [6, 6.07) is 8.30. The number of hydrogen-bond acceptors (Lipinski definition) is 2. The first-order chi connectivity index (χ1) is 7.33. The van der Waals surface area contributed by atoms with Crippen LogP contribution in [-0.4, -0.2) is 11.5 Å². The first-order valence-corrected chi connectivity index (χ1v) is 6.18. The molecule has 0 aliphatic heterocycles. The smallest absolute Gasteiger partial charge is 0.0856 e. The summed E-state index contributed by atoms with van der Waals surface area (Å²) < 4.78 is 1.20. The second kappa shape index (κ2) is 4.79. The van der Waals surface area contributed by atoms with Crippen molar-refractivity contribution in [3.05, 3.63) is 34.0 Å². The lowest BCUT2D eigenvalue weighted by atomic mass is 10.2. The molecule has 0 saturated heterocycles. The van der Waals surface area contributed by atoms with Gasteiger partial charge in [0.15, 0.2) is 0 Å². The molecule has 0 aliphatic carbocycles. The van der Waals surface area contributed by atoms with Crippen LogP contribution in [0.2, 0.25) is 0 Å². The van der Waals surface area contributed by atoms with Gasteiger partial charge in [0.25, 0.3) is 0 Å². The van der Waals surface area contributed by atoms with Gasteiger partial charge in [-0.3, -0.25) is 4.98 Å². The Balaban J connectivity index is 2.51. The Morgan fingerprint density at radius 3 is 3.00 bits per heavy atom. The van der Waals surface area contributed by atoms with Crippen LogP contribution in [0, 0.1) is 3.57 Å². The molecule has 0 unspecified atom stereocenters. The van der Waals surface area contributed by atoms with E-state index >= 15 is 0 Å². The Morgan fingerprint density at radius 1 is 1.33 bits per heavy atom. The zero-order valence-corrected chi connectivity index (χ0v) is 10.8. The van der Waals surface area contributed by atoms with E-state index in [9.17, 15) is 0 Å². The predicted molar refractivity (Wildman–Crippen MR) is 73.2 cm³/mol. The van der Waals surface area contributed by atoms with E-state index in [-0.39, 0.29) is 0 Å². The molecule has 1 N–H and O–H groups in total. The van der Waals surface area contributed by atoms with Crippen molar-refractivity contribution in [2.45, 2.75) is 13.3 Å². The fraction of sp³-hybridized carbons (Fsp3) is 0.250. The molecule has 2 rings (SSSR count). The number of nitrogens with one attached hydrogen (secondary N) is 1. The number of para-hydroxylation sites is 1. The number of rotatable bonds is 3. The van der Waals surface area contributed by atoms with Gasteiger partial charge in [-0.2, -0.15) is 0 Å². The Morgan fingerprint density at radius 2 is 2.20 bits per heavy atom. The van der Waals surface area contributed by atoms with Gasteiger partial charge >= 0.3 is 0 Å². The van der Waals surface area contributed by atoms with Gasteiger partial charge in [0.05, 0.1) is 5.52 Å². The Kier molecular flexibility index (Phi) is 3.41. The third-order valence-electron chi connectivity index (χ3n) is 2.29. The summed E-state index contributed by atoms with van der Waals surface area (Å²) in [7, 11) is 0. The summed E-state index contributed by atoms with van der Waals surface area (Å²) in [5, 5.41) is 4.63. The van der Waals surface area contributed by atoms with E-state index in [4.69, 9.17) is 0 Å². The van der Waals surface area contributed by atoms with Crippen molar-refractivity contribution in [3.8, 4) is 0 Å². The molecule has 0 fully saturated rings. The Hall–Kier alpha value is -0.840. The molecule has 15 heavy (non-hydrogen) atoms. The van der Waals surface area contributed by atoms with E-state index in [1.807, 2.05) is 12.3 Å². The minimum absolute atomic E-state index is 1.00. The summed E-state index contributed by atoms with van der Waals surface area (Å²) in [4.78, 5) is 4.40. The van der Waals surface area contributed by atoms with Gasteiger partial charge in [0.1, 0.15) is 0 Å². The second-order valence-corrected chi connectivity index (χ2v) is 4.58. The lowest BCUT2D eigenvalue weighted by Gasteiger charge is -2.08. The molecule has 0 radical (unpaired) electrons. The van der Waals surface area contributed by atoms with Gasteiger partial charge in [-0.05, 0) is 41.1 Å². The zero-order chi connectivity index (χ0) is 10.7. The fourth-order valence-electron chi connectivity index (χ4n) is 1.55. The molecule has 0 aliphatic rings. The lowest BCUT2D eigenvalue weighted by molar-refractivity contribution is 0.981. The first kappa shape index (κ1) is 10.7. The van der Waals surface area contributed by atoms with Crippen molar-refractivity contribution >= 4 is 39.2 Å². The third-order valence-corrected chi connectivity index (χ3v) is 3.16. The van der Waals surface area contributed by atoms with E-state index < -0.39 is 0 Å². The van der Waals surface area contributed by atoms with Crippen LogP contribution in [0.25, 0.3) is 10.9 Å². The van der Waals surface area contributed by atoms with Crippen LogP contribution in [0.4, 0.5) is 5.69 Å². The van der Waals surface area contributed by atoms with Gasteiger partial charge in [-0.1, -0.05) is 19.1 Å². The fourth-order valence-corrected chi connectivity index (χ4v) is 2.19. The maximum absolute atomic E-state index is 4.40. The SMILES string of the molecule is CCCNc1ccnc2c(I)cccc12. The molecule has 3 heteroatoms. The van der Waals surface area contributed by atoms with Crippen molar-refractivity contribution < 1.29 is 0 Å². The number of hydrogen-bond donors (Lipinski definition) is 1. The quantitative estimate of drug-likeness (QED) is 0.875. The Bertz CT molecular complexity index is 468. The van der Waals surface area contributed by atoms with E-state index in [0.29, 0.717) is 0 Å². The van der Waals surface area contributed by atoms with Crippen LogP contribution in [-0.2, 0) is 0 Å². The van der Waals surface area contributed by atoms with Crippen LogP contribution >= 0.6 is 22.6 Å². The largest absolute Gasteiger partial charge is 0.384 e.